The Bertz CT molecular complexity index is 441. The number of benzene rings is 1. The summed E-state index contributed by atoms with van der Waals surface area (Å²) in [5, 5.41) is 10.3. The Balaban J connectivity index is 3.02. The molecule has 0 heterocycles. The molecule has 1 aromatic carbocycles. The highest BCUT2D eigenvalue weighted by Gasteiger charge is 2.37. The maximum Gasteiger partial charge on any atom is 0.363 e. The smallest absolute Gasteiger partial charge is 0.363 e. The summed E-state index contributed by atoms with van der Waals surface area (Å²) < 4.78 is 28.6. The van der Waals surface area contributed by atoms with Crippen LogP contribution in [0.4, 0.5) is 0 Å². The lowest BCUT2D eigenvalue weighted by Gasteiger charge is -2.27. The van der Waals surface area contributed by atoms with Crippen molar-refractivity contribution in [3.8, 4) is 5.75 Å². The molecule has 0 radical (unpaired) electrons. The minimum absolute atomic E-state index is 0.313. The summed E-state index contributed by atoms with van der Waals surface area (Å²) in [4.78, 5) is 0. The third-order valence-corrected chi connectivity index (χ3v) is 4.76. The van der Waals surface area contributed by atoms with Gasteiger partial charge in [-0.1, -0.05) is 12.1 Å². The molecule has 0 amide bonds. The predicted octanol–water partition coefficient (Wildman–Crippen LogP) is 3.73. The van der Waals surface area contributed by atoms with E-state index in [9.17, 15) is 9.67 Å². The van der Waals surface area contributed by atoms with Gasteiger partial charge in [-0.3, -0.25) is 4.57 Å². The zero-order valence-electron chi connectivity index (χ0n) is 12.6. The summed E-state index contributed by atoms with van der Waals surface area (Å²) >= 11 is 0. The quantitative estimate of drug-likeness (QED) is 0.777. The van der Waals surface area contributed by atoms with Crippen molar-refractivity contribution < 1.29 is 23.5 Å². The van der Waals surface area contributed by atoms with E-state index in [1.54, 1.807) is 59.1 Å². The van der Waals surface area contributed by atoms with Crippen molar-refractivity contribution in [3.63, 3.8) is 0 Å². The molecule has 0 unspecified atom stereocenters. The van der Waals surface area contributed by atoms with Gasteiger partial charge in [-0.25, -0.2) is 0 Å². The molecule has 1 aromatic rings. The number of ether oxygens (including phenoxy) is 1. The monoisotopic (exact) mass is 302 g/mol. The molecular formula is C14H23O5P. The van der Waals surface area contributed by atoms with Crippen molar-refractivity contribution in [1.82, 2.24) is 0 Å². The second-order valence-electron chi connectivity index (χ2n) is 4.99. The molecule has 0 aliphatic carbocycles. The van der Waals surface area contributed by atoms with E-state index in [1.807, 2.05) is 0 Å². The van der Waals surface area contributed by atoms with Crippen molar-refractivity contribution in [2.45, 2.75) is 45.7 Å². The molecule has 20 heavy (non-hydrogen) atoms. The SMILES string of the molecule is COc1ccc([C@H](O)P(=O)(OC(C)C)OC(C)C)cc1. The number of methoxy groups -OCH3 is 1. The predicted molar refractivity (Wildman–Crippen MR) is 78.0 cm³/mol. The molecule has 1 N–H and O–H groups in total. The molecule has 114 valence electrons. The Hall–Kier alpha value is -0.870. The minimum atomic E-state index is -3.65. The van der Waals surface area contributed by atoms with Gasteiger partial charge in [0, 0.05) is 0 Å². The van der Waals surface area contributed by atoms with Crippen LogP contribution in [0.1, 0.15) is 39.1 Å². The number of hydrogen-bond acceptors (Lipinski definition) is 5. The Labute approximate surface area is 120 Å². The number of aliphatic hydroxyl groups is 1. The molecule has 0 spiro atoms. The Kier molecular flexibility index (Phi) is 6.21. The highest BCUT2D eigenvalue weighted by atomic mass is 31.2. The van der Waals surface area contributed by atoms with Crippen molar-refractivity contribution >= 4 is 7.60 Å². The molecule has 0 saturated heterocycles. The van der Waals surface area contributed by atoms with E-state index in [0.717, 1.165) is 0 Å². The number of aliphatic hydroxyl groups excluding tert-OH is 1. The highest BCUT2D eigenvalue weighted by molar-refractivity contribution is 7.54. The molecule has 0 aromatic heterocycles. The molecule has 0 fully saturated rings. The van der Waals surface area contributed by atoms with Gasteiger partial charge in [0.05, 0.1) is 19.3 Å². The fourth-order valence-corrected chi connectivity index (χ4v) is 3.68. The van der Waals surface area contributed by atoms with Gasteiger partial charge in [0.1, 0.15) is 5.75 Å². The molecule has 0 bridgehead atoms. The van der Waals surface area contributed by atoms with E-state index < -0.39 is 13.4 Å². The maximum absolute atomic E-state index is 12.8. The van der Waals surface area contributed by atoms with Gasteiger partial charge < -0.3 is 18.9 Å². The van der Waals surface area contributed by atoms with E-state index in [-0.39, 0.29) is 12.2 Å². The lowest BCUT2D eigenvalue weighted by molar-refractivity contribution is 0.101. The molecular weight excluding hydrogens is 279 g/mol. The zero-order chi connectivity index (χ0) is 15.3. The third kappa shape index (κ3) is 4.60. The van der Waals surface area contributed by atoms with Crippen LogP contribution < -0.4 is 4.74 Å². The molecule has 1 atom stereocenters. The molecule has 0 aliphatic heterocycles. The Morgan fingerprint density at radius 1 is 1.00 bits per heavy atom. The van der Waals surface area contributed by atoms with Crippen molar-refractivity contribution in [1.29, 1.82) is 0 Å². The van der Waals surface area contributed by atoms with Crippen LogP contribution in [-0.2, 0) is 13.6 Å². The third-order valence-electron chi connectivity index (χ3n) is 2.43. The zero-order valence-corrected chi connectivity index (χ0v) is 13.5. The average Bonchev–Trinajstić information content (AvgIpc) is 2.36. The summed E-state index contributed by atoms with van der Waals surface area (Å²) in [6, 6.07) is 6.66. The van der Waals surface area contributed by atoms with E-state index in [1.165, 1.54) is 0 Å². The molecule has 5 nitrogen and oxygen atoms in total. The van der Waals surface area contributed by atoms with E-state index >= 15 is 0 Å². The largest absolute Gasteiger partial charge is 0.497 e. The number of rotatable bonds is 7. The Morgan fingerprint density at radius 2 is 1.45 bits per heavy atom. The van der Waals surface area contributed by atoms with Gasteiger partial charge in [0.2, 0.25) is 0 Å². The van der Waals surface area contributed by atoms with Gasteiger partial charge in [-0.15, -0.1) is 0 Å². The first-order chi connectivity index (χ1) is 9.28. The first-order valence-corrected chi connectivity index (χ1v) is 8.18. The normalized spacial score (nSPS) is 13.8. The lowest BCUT2D eigenvalue weighted by Crippen LogP contribution is -2.13. The van der Waals surface area contributed by atoms with Crippen LogP contribution in [0, 0.1) is 0 Å². The van der Waals surface area contributed by atoms with Crippen LogP contribution in [0.25, 0.3) is 0 Å². The molecule has 6 heteroatoms. The van der Waals surface area contributed by atoms with Crippen LogP contribution in [0.15, 0.2) is 24.3 Å². The van der Waals surface area contributed by atoms with Crippen LogP contribution in [0.2, 0.25) is 0 Å². The summed E-state index contributed by atoms with van der Waals surface area (Å²) in [5.41, 5.74) is 0.468. The van der Waals surface area contributed by atoms with Gasteiger partial charge in [-0.2, -0.15) is 0 Å². The van der Waals surface area contributed by atoms with Gasteiger partial charge >= 0.3 is 7.60 Å². The lowest BCUT2D eigenvalue weighted by atomic mass is 10.2. The van der Waals surface area contributed by atoms with Crippen molar-refractivity contribution in [3.05, 3.63) is 29.8 Å². The second kappa shape index (κ2) is 7.23. The van der Waals surface area contributed by atoms with Gasteiger partial charge in [0.25, 0.3) is 0 Å². The molecule has 1 rings (SSSR count). The van der Waals surface area contributed by atoms with E-state index in [2.05, 4.69) is 0 Å². The van der Waals surface area contributed by atoms with Gasteiger partial charge in [0.15, 0.2) is 5.85 Å². The standard InChI is InChI=1S/C14H23O5P/c1-10(2)18-20(16,19-11(3)4)14(15)12-6-8-13(17-5)9-7-12/h6-11,14-15H,1-5H3/t14-/m1/s1. The first-order valence-electron chi connectivity index (χ1n) is 6.57. The summed E-state index contributed by atoms with van der Waals surface area (Å²) in [7, 11) is -2.10. The topological polar surface area (TPSA) is 65.0 Å². The second-order valence-corrected chi connectivity index (χ2v) is 6.99. The number of hydrogen-bond donors (Lipinski definition) is 1. The average molecular weight is 302 g/mol. The minimum Gasteiger partial charge on any atom is -0.497 e. The van der Waals surface area contributed by atoms with Crippen LogP contribution in [0.3, 0.4) is 0 Å². The van der Waals surface area contributed by atoms with Crippen molar-refractivity contribution in [2.75, 3.05) is 7.11 Å². The highest BCUT2D eigenvalue weighted by Crippen LogP contribution is 2.61. The van der Waals surface area contributed by atoms with Crippen molar-refractivity contribution in [2.24, 2.45) is 0 Å². The first kappa shape index (κ1) is 17.2. The fourth-order valence-electron chi connectivity index (χ4n) is 1.69. The van der Waals surface area contributed by atoms with Gasteiger partial charge in [-0.05, 0) is 45.4 Å². The molecule has 0 saturated carbocycles. The fraction of sp³-hybridized carbons (Fsp3) is 0.571. The molecule has 0 aliphatic rings. The summed E-state index contributed by atoms with van der Waals surface area (Å²) in [5.74, 6) is -0.663. The summed E-state index contributed by atoms with van der Waals surface area (Å²) in [6.07, 6.45) is -0.625. The van der Waals surface area contributed by atoms with Crippen LogP contribution >= 0.6 is 7.60 Å². The summed E-state index contributed by atoms with van der Waals surface area (Å²) in [6.45, 7) is 6.99. The van der Waals surface area contributed by atoms with E-state index in [4.69, 9.17) is 13.8 Å². The maximum atomic E-state index is 12.8. The Morgan fingerprint density at radius 3 is 1.80 bits per heavy atom. The van der Waals surface area contributed by atoms with Crippen LogP contribution in [-0.4, -0.2) is 24.4 Å². The van der Waals surface area contributed by atoms with Crippen LogP contribution in [0.5, 0.6) is 5.75 Å². The van der Waals surface area contributed by atoms with E-state index in [0.29, 0.717) is 11.3 Å².